The van der Waals surface area contributed by atoms with Crippen LogP contribution in [0.25, 0.3) is 6.08 Å². The lowest BCUT2D eigenvalue weighted by Gasteiger charge is -2.62. The van der Waals surface area contributed by atoms with Gasteiger partial charge in [0.2, 0.25) is 0 Å². The predicted molar refractivity (Wildman–Crippen MR) is 150 cm³/mol. The summed E-state index contributed by atoms with van der Waals surface area (Å²) >= 11 is 0. The van der Waals surface area contributed by atoms with Crippen molar-refractivity contribution in [3.05, 3.63) is 77.9 Å². The van der Waals surface area contributed by atoms with Crippen LogP contribution >= 0.6 is 0 Å². The van der Waals surface area contributed by atoms with Crippen molar-refractivity contribution in [1.82, 2.24) is 0 Å². The second kappa shape index (κ2) is 10.7. The third-order valence-electron chi connectivity index (χ3n) is 9.54. The standard InChI is InChI=1S/C33H38O8/c1-20-28(38-21(2)34)27(36)29(40-30(37)23-14-10-7-11-15-23)32(5)25(18-24-19-33(20,32)41-31(24,3)4)39-26(35)17-16-22-12-8-6-9-13-22/h6-17,20,24-25,27-29,36H,18-19H2,1-5H3/b17-16+/t20-,24-,25+,27-,28-,29+,32-,33+/m1/s1. The molecule has 0 aromatic heterocycles. The maximum absolute atomic E-state index is 13.4. The second-order valence-corrected chi connectivity index (χ2v) is 12.2. The molecule has 2 saturated carbocycles. The van der Waals surface area contributed by atoms with Gasteiger partial charge in [0.05, 0.1) is 22.2 Å². The predicted octanol–water partition coefficient (Wildman–Crippen LogP) is 4.74. The van der Waals surface area contributed by atoms with E-state index in [-0.39, 0.29) is 5.92 Å². The Balaban J connectivity index is 1.57. The third kappa shape index (κ3) is 4.97. The molecule has 5 rings (SSSR count). The van der Waals surface area contributed by atoms with Crippen molar-refractivity contribution in [3.63, 3.8) is 0 Å². The average molecular weight is 563 g/mol. The van der Waals surface area contributed by atoms with Gasteiger partial charge in [-0.1, -0.05) is 55.5 Å². The SMILES string of the molecule is CC(=O)O[C@H]1[C@@H](O)[C@H](OC(=O)c2ccccc2)[C@@]2(C)[C@@H](OC(=O)/C=C/c3ccccc3)C[C@@H]3C[C@]2(OC3(C)C)[C@@H]1C. The largest absolute Gasteiger partial charge is 0.459 e. The Morgan fingerprint density at radius 3 is 2.22 bits per heavy atom. The maximum atomic E-state index is 13.4. The first-order valence-corrected chi connectivity index (χ1v) is 14.1. The topological polar surface area (TPSA) is 108 Å². The molecule has 1 spiro atoms. The number of carbonyl (C=O) groups excluding carboxylic acids is 3. The summed E-state index contributed by atoms with van der Waals surface area (Å²) in [5, 5.41) is 11.7. The zero-order valence-electron chi connectivity index (χ0n) is 24.1. The van der Waals surface area contributed by atoms with Crippen LogP contribution in [0.15, 0.2) is 66.7 Å². The second-order valence-electron chi connectivity index (χ2n) is 12.2. The minimum Gasteiger partial charge on any atom is -0.459 e. The highest BCUT2D eigenvalue weighted by atomic mass is 16.6. The quantitative estimate of drug-likeness (QED) is 0.306. The van der Waals surface area contributed by atoms with Gasteiger partial charge in [-0.3, -0.25) is 4.79 Å². The Kier molecular flexibility index (Phi) is 7.59. The monoisotopic (exact) mass is 562 g/mol. The van der Waals surface area contributed by atoms with Gasteiger partial charge < -0.3 is 24.1 Å². The summed E-state index contributed by atoms with van der Waals surface area (Å²) in [7, 11) is 0. The fourth-order valence-electron chi connectivity index (χ4n) is 7.35. The summed E-state index contributed by atoms with van der Waals surface area (Å²) < 4.78 is 24.8. The minimum atomic E-state index is -1.39. The summed E-state index contributed by atoms with van der Waals surface area (Å²) in [5.41, 5.74) is -1.66. The number of ether oxygens (including phenoxy) is 4. The number of benzene rings is 2. The molecule has 2 aromatic rings. The van der Waals surface area contributed by atoms with E-state index < -0.39 is 64.9 Å². The summed E-state index contributed by atoms with van der Waals surface area (Å²) in [6.07, 6.45) is -0.286. The highest BCUT2D eigenvalue weighted by Gasteiger charge is 2.77. The summed E-state index contributed by atoms with van der Waals surface area (Å²) in [4.78, 5) is 38.8. The van der Waals surface area contributed by atoms with Gasteiger partial charge in [0.15, 0.2) is 0 Å². The van der Waals surface area contributed by atoms with Crippen LogP contribution in [0, 0.1) is 17.3 Å². The Morgan fingerprint density at radius 2 is 1.59 bits per heavy atom. The van der Waals surface area contributed by atoms with E-state index in [0.29, 0.717) is 18.4 Å². The zero-order valence-corrected chi connectivity index (χ0v) is 24.1. The van der Waals surface area contributed by atoms with Gasteiger partial charge in [-0.05, 0) is 63.3 Å². The van der Waals surface area contributed by atoms with E-state index >= 15 is 0 Å². The van der Waals surface area contributed by atoms with Gasteiger partial charge in [0.1, 0.15) is 24.4 Å². The first-order chi connectivity index (χ1) is 19.4. The van der Waals surface area contributed by atoms with Crippen LogP contribution in [0.5, 0.6) is 0 Å². The van der Waals surface area contributed by atoms with Crippen LogP contribution in [0.2, 0.25) is 0 Å². The third-order valence-corrected chi connectivity index (χ3v) is 9.54. The molecule has 8 atom stereocenters. The van der Waals surface area contributed by atoms with Gasteiger partial charge in [0, 0.05) is 18.9 Å². The van der Waals surface area contributed by atoms with Crippen molar-refractivity contribution < 1.29 is 38.4 Å². The molecular weight excluding hydrogens is 524 g/mol. The molecule has 1 saturated heterocycles. The summed E-state index contributed by atoms with van der Waals surface area (Å²) in [5.74, 6) is -2.24. The molecule has 0 unspecified atom stereocenters. The Morgan fingerprint density at radius 1 is 0.951 bits per heavy atom. The highest BCUT2D eigenvalue weighted by molar-refractivity contribution is 5.89. The summed E-state index contributed by atoms with van der Waals surface area (Å²) in [6, 6.07) is 17.9. The molecule has 41 heavy (non-hydrogen) atoms. The summed E-state index contributed by atoms with van der Waals surface area (Å²) in [6.45, 7) is 9.01. The number of carbonyl (C=O) groups is 3. The number of hydrogen-bond acceptors (Lipinski definition) is 8. The molecule has 1 heterocycles. The maximum Gasteiger partial charge on any atom is 0.338 e. The van der Waals surface area contributed by atoms with Crippen molar-refractivity contribution in [2.75, 3.05) is 0 Å². The van der Waals surface area contributed by atoms with Gasteiger partial charge in [0.25, 0.3) is 0 Å². The molecule has 3 fully saturated rings. The van der Waals surface area contributed by atoms with Crippen LogP contribution in [0.4, 0.5) is 0 Å². The van der Waals surface area contributed by atoms with E-state index in [1.165, 1.54) is 13.0 Å². The molecule has 218 valence electrons. The number of hydrogen-bond donors (Lipinski definition) is 1. The van der Waals surface area contributed by atoms with Gasteiger partial charge in [-0.25, -0.2) is 9.59 Å². The van der Waals surface area contributed by atoms with Crippen molar-refractivity contribution in [1.29, 1.82) is 0 Å². The molecule has 8 nitrogen and oxygen atoms in total. The highest BCUT2D eigenvalue weighted by Crippen LogP contribution is 2.67. The number of rotatable bonds is 6. The zero-order chi connectivity index (χ0) is 29.6. The van der Waals surface area contributed by atoms with Crippen molar-refractivity contribution >= 4 is 24.0 Å². The van der Waals surface area contributed by atoms with E-state index in [4.69, 9.17) is 18.9 Å². The number of aliphatic hydroxyl groups is 1. The minimum absolute atomic E-state index is 0.00706. The van der Waals surface area contributed by atoms with Gasteiger partial charge >= 0.3 is 17.9 Å². The molecule has 3 aliphatic rings. The lowest BCUT2D eigenvalue weighted by Crippen LogP contribution is -2.75. The van der Waals surface area contributed by atoms with E-state index in [1.54, 1.807) is 36.4 Å². The molecule has 0 radical (unpaired) electrons. The van der Waals surface area contributed by atoms with Gasteiger partial charge in [-0.15, -0.1) is 0 Å². The molecule has 2 aromatic carbocycles. The molecule has 1 N–H and O–H groups in total. The smallest absolute Gasteiger partial charge is 0.338 e. The average Bonchev–Trinajstić information content (AvgIpc) is 3.19. The first kappa shape index (κ1) is 29.0. The molecule has 1 aliphatic heterocycles. The molecule has 0 amide bonds. The van der Waals surface area contributed by atoms with E-state index in [0.717, 1.165) is 5.56 Å². The fourth-order valence-corrected chi connectivity index (χ4v) is 7.35. The lowest BCUT2D eigenvalue weighted by atomic mass is 9.49. The Bertz CT molecular complexity index is 1320. The van der Waals surface area contributed by atoms with Crippen LogP contribution in [0.3, 0.4) is 0 Å². The molecule has 2 aliphatic carbocycles. The number of esters is 3. The van der Waals surface area contributed by atoms with Crippen LogP contribution in [-0.2, 0) is 28.5 Å². The number of aliphatic hydroxyl groups excluding tert-OH is 1. The van der Waals surface area contributed by atoms with Crippen molar-refractivity contribution in [2.45, 2.75) is 83.1 Å². The van der Waals surface area contributed by atoms with Gasteiger partial charge in [-0.2, -0.15) is 0 Å². The van der Waals surface area contributed by atoms with Crippen molar-refractivity contribution in [2.24, 2.45) is 17.3 Å². The van der Waals surface area contributed by atoms with E-state index in [9.17, 15) is 19.5 Å². The van der Waals surface area contributed by atoms with Crippen LogP contribution in [-0.4, -0.2) is 58.6 Å². The Hall–Kier alpha value is -3.49. The molecular formula is C33H38O8. The molecule has 2 bridgehead atoms. The molecule has 8 heteroatoms. The first-order valence-electron chi connectivity index (χ1n) is 14.1. The normalized spacial score (nSPS) is 35.4. The number of fused-ring (bicyclic) bond motifs is 1. The van der Waals surface area contributed by atoms with E-state index in [2.05, 4.69) is 0 Å². The van der Waals surface area contributed by atoms with Crippen LogP contribution in [0.1, 0.15) is 63.4 Å². The lowest BCUT2D eigenvalue weighted by molar-refractivity contribution is -0.303. The Labute approximate surface area is 240 Å². The fraction of sp³-hybridized carbons (Fsp3) is 0.485. The van der Waals surface area contributed by atoms with Crippen molar-refractivity contribution in [3.8, 4) is 0 Å². The van der Waals surface area contributed by atoms with Crippen LogP contribution < -0.4 is 0 Å². The van der Waals surface area contributed by atoms with E-state index in [1.807, 2.05) is 58.0 Å².